The molecule has 0 aliphatic rings. The third-order valence-electron chi connectivity index (χ3n) is 2.44. The second-order valence-corrected chi connectivity index (χ2v) is 5.98. The average molecular weight is 278 g/mol. The van der Waals surface area contributed by atoms with Crippen LogP contribution in [0, 0.1) is 0 Å². The molecule has 3 N–H and O–H groups in total. The van der Waals surface area contributed by atoms with E-state index in [0.29, 0.717) is 6.54 Å². The van der Waals surface area contributed by atoms with Crippen molar-refractivity contribution in [2.24, 2.45) is 0 Å². The molecule has 0 radical (unpaired) electrons. The first-order valence-corrected chi connectivity index (χ1v) is 6.86. The summed E-state index contributed by atoms with van der Waals surface area (Å²) < 4.78 is 4.72. The maximum atomic E-state index is 11.5. The number of rotatable bonds is 8. The number of ether oxygens (including phenoxy) is 1. The lowest BCUT2D eigenvalue weighted by molar-refractivity contribution is -0.139. The van der Waals surface area contributed by atoms with Crippen molar-refractivity contribution < 1.29 is 19.4 Å². The normalized spacial score (nSPS) is 12.9. The van der Waals surface area contributed by atoms with Gasteiger partial charge in [-0.15, -0.1) is 0 Å². The van der Waals surface area contributed by atoms with Gasteiger partial charge in [0.15, 0.2) is 0 Å². The molecule has 2 amide bonds. The molecule has 6 nitrogen and oxygen atoms in total. The number of hydrogen-bond acceptors (Lipinski definition) is 4. The van der Waals surface area contributed by atoms with E-state index >= 15 is 0 Å². The third-order valence-corrected chi connectivity index (χ3v) is 3.69. The second kappa shape index (κ2) is 8.20. The van der Waals surface area contributed by atoms with Gasteiger partial charge < -0.3 is 20.5 Å². The van der Waals surface area contributed by atoms with Crippen LogP contribution in [0.2, 0.25) is 0 Å². The molecule has 0 aliphatic carbocycles. The lowest BCUT2D eigenvalue weighted by atomic mass is 10.2. The van der Waals surface area contributed by atoms with Crippen molar-refractivity contribution in [3.05, 3.63) is 0 Å². The lowest BCUT2D eigenvalue weighted by Crippen LogP contribution is -2.49. The number of carbonyl (C=O) groups is 2. The summed E-state index contributed by atoms with van der Waals surface area (Å²) in [5.41, 5.74) is 0. The summed E-state index contributed by atoms with van der Waals surface area (Å²) in [7, 11) is 1.49. The molecule has 0 heterocycles. The molecule has 1 atom stereocenters. The Labute approximate surface area is 112 Å². The Morgan fingerprint density at radius 2 is 2.06 bits per heavy atom. The molecule has 0 saturated heterocycles. The molecule has 0 aromatic carbocycles. The maximum absolute atomic E-state index is 11.5. The molecule has 0 aromatic rings. The second-order valence-electron chi connectivity index (χ2n) is 4.46. The van der Waals surface area contributed by atoms with E-state index in [9.17, 15) is 9.59 Å². The lowest BCUT2D eigenvalue weighted by Gasteiger charge is -2.23. The number of carboxylic acids is 1. The highest BCUT2D eigenvalue weighted by Crippen LogP contribution is 2.19. The standard InChI is InChI=1S/C11H22N2O4S/c1-11(2,18-4)7-12-10(16)13-8(9(14)15)5-6-17-3/h8H,5-7H2,1-4H3,(H,14,15)(H2,12,13,16). The minimum atomic E-state index is -1.06. The Hall–Kier alpha value is -0.950. The fourth-order valence-electron chi connectivity index (χ4n) is 1.07. The Kier molecular flexibility index (Phi) is 7.77. The number of thioether (sulfide) groups is 1. The van der Waals surface area contributed by atoms with Gasteiger partial charge in [-0.2, -0.15) is 11.8 Å². The SMILES string of the molecule is COCCC(NC(=O)NCC(C)(C)SC)C(=O)O. The minimum absolute atomic E-state index is 0.0808. The number of methoxy groups -OCH3 is 1. The summed E-state index contributed by atoms with van der Waals surface area (Å²) >= 11 is 1.63. The molecule has 0 spiro atoms. The van der Waals surface area contributed by atoms with Crippen molar-refractivity contribution >= 4 is 23.8 Å². The van der Waals surface area contributed by atoms with Gasteiger partial charge >= 0.3 is 12.0 Å². The summed E-state index contributed by atoms with van der Waals surface area (Å²) in [5.74, 6) is -1.06. The molecule has 1 unspecified atom stereocenters. The van der Waals surface area contributed by atoms with Crippen LogP contribution < -0.4 is 10.6 Å². The monoisotopic (exact) mass is 278 g/mol. The summed E-state index contributed by atoms with van der Waals surface area (Å²) in [6.45, 7) is 4.75. The van der Waals surface area contributed by atoms with E-state index in [2.05, 4.69) is 10.6 Å². The number of urea groups is 1. The summed E-state index contributed by atoms with van der Waals surface area (Å²) in [5, 5.41) is 14.0. The molecule has 7 heteroatoms. The highest BCUT2D eigenvalue weighted by Gasteiger charge is 2.21. The first-order chi connectivity index (χ1) is 8.32. The van der Waals surface area contributed by atoms with Gasteiger partial charge in [0.1, 0.15) is 6.04 Å². The molecular weight excluding hydrogens is 256 g/mol. The summed E-state index contributed by atoms with van der Waals surface area (Å²) in [6.07, 6.45) is 2.20. The van der Waals surface area contributed by atoms with Crippen molar-refractivity contribution in [1.82, 2.24) is 10.6 Å². The third kappa shape index (κ3) is 7.39. The first kappa shape index (κ1) is 17.1. The fraction of sp³-hybridized carbons (Fsp3) is 0.818. The Morgan fingerprint density at radius 3 is 2.50 bits per heavy atom. The quantitative estimate of drug-likeness (QED) is 0.614. The molecule has 18 heavy (non-hydrogen) atoms. The van der Waals surface area contributed by atoms with Crippen molar-refractivity contribution in [1.29, 1.82) is 0 Å². The zero-order chi connectivity index (χ0) is 14.2. The van der Waals surface area contributed by atoms with Crippen LogP contribution in [-0.4, -0.2) is 54.4 Å². The summed E-state index contributed by atoms with van der Waals surface area (Å²) in [6, 6.07) is -1.40. The van der Waals surface area contributed by atoms with E-state index in [0.717, 1.165) is 0 Å². The topological polar surface area (TPSA) is 87.7 Å². The molecule has 0 aromatic heterocycles. The highest BCUT2D eigenvalue weighted by atomic mass is 32.2. The van der Waals surface area contributed by atoms with Gasteiger partial charge in [-0.1, -0.05) is 0 Å². The van der Waals surface area contributed by atoms with Crippen LogP contribution in [0.4, 0.5) is 4.79 Å². The van der Waals surface area contributed by atoms with Crippen molar-refractivity contribution in [3.63, 3.8) is 0 Å². The van der Waals surface area contributed by atoms with E-state index in [4.69, 9.17) is 9.84 Å². The molecule has 0 fully saturated rings. The van der Waals surface area contributed by atoms with Gasteiger partial charge in [0.2, 0.25) is 0 Å². The van der Waals surface area contributed by atoms with Gasteiger partial charge in [-0.05, 0) is 20.1 Å². The van der Waals surface area contributed by atoms with Crippen LogP contribution >= 0.6 is 11.8 Å². The van der Waals surface area contributed by atoms with Crippen LogP contribution in [0.1, 0.15) is 20.3 Å². The van der Waals surface area contributed by atoms with E-state index in [1.165, 1.54) is 7.11 Å². The fourth-order valence-corrected chi connectivity index (χ4v) is 1.28. The first-order valence-electron chi connectivity index (χ1n) is 5.63. The smallest absolute Gasteiger partial charge is 0.326 e. The van der Waals surface area contributed by atoms with Crippen molar-refractivity contribution in [2.75, 3.05) is 26.5 Å². The predicted octanol–water partition coefficient (Wildman–Crippen LogP) is 0.917. The highest BCUT2D eigenvalue weighted by molar-refractivity contribution is 7.99. The largest absolute Gasteiger partial charge is 0.480 e. The van der Waals surface area contributed by atoms with E-state index in [1.54, 1.807) is 11.8 Å². The molecule has 106 valence electrons. The maximum Gasteiger partial charge on any atom is 0.326 e. The van der Waals surface area contributed by atoms with Crippen LogP contribution in [0.3, 0.4) is 0 Å². The summed E-state index contributed by atoms with van der Waals surface area (Å²) in [4.78, 5) is 22.4. The van der Waals surface area contributed by atoms with Crippen LogP contribution in [0.15, 0.2) is 0 Å². The van der Waals surface area contributed by atoms with Crippen molar-refractivity contribution in [2.45, 2.75) is 31.1 Å². The van der Waals surface area contributed by atoms with Gasteiger partial charge in [-0.25, -0.2) is 9.59 Å². The zero-order valence-corrected chi connectivity index (χ0v) is 12.1. The zero-order valence-electron chi connectivity index (χ0n) is 11.3. The van der Waals surface area contributed by atoms with Gasteiger partial charge in [-0.3, -0.25) is 0 Å². The predicted molar refractivity (Wildman–Crippen MR) is 72.0 cm³/mol. The van der Waals surface area contributed by atoms with E-state index in [1.807, 2.05) is 20.1 Å². The molecule has 0 bridgehead atoms. The van der Waals surface area contributed by atoms with E-state index in [-0.39, 0.29) is 17.8 Å². The molecule has 0 aliphatic heterocycles. The van der Waals surface area contributed by atoms with Crippen molar-refractivity contribution in [3.8, 4) is 0 Å². The van der Waals surface area contributed by atoms with Gasteiger partial charge in [0, 0.05) is 31.4 Å². The average Bonchev–Trinajstić information content (AvgIpc) is 2.31. The number of hydrogen-bond donors (Lipinski definition) is 3. The Bertz CT molecular complexity index is 284. The number of carboxylic acid groups (broad SMARTS) is 1. The number of aliphatic carboxylic acids is 1. The minimum Gasteiger partial charge on any atom is -0.480 e. The van der Waals surface area contributed by atoms with Crippen LogP contribution in [0.25, 0.3) is 0 Å². The Morgan fingerprint density at radius 1 is 1.44 bits per heavy atom. The van der Waals surface area contributed by atoms with Crippen LogP contribution in [-0.2, 0) is 9.53 Å². The van der Waals surface area contributed by atoms with Gasteiger partial charge in [0.05, 0.1) is 0 Å². The van der Waals surface area contributed by atoms with Crippen LogP contribution in [0.5, 0.6) is 0 Å². The molecular formula is C11H22N2O4S. The number of amides is 2. The molecule has 0 rings (SSSR count). The Balaban J connectivity index is 4.14. The van der Waals surface area contributed by atoms with Gasteiger partial charge in [0.25, 0.3) is 0 Å². The number of nitrogens with one attached hydrogen (secondary N) is 2. The van der Waals surface area contributed by atoms with E-state index < -0.39 is 18.0 Å². The molecule has 0 saturated carbocycles. The number of carbonyl (C=O) groups excluding carboxylic acids is 1.